The second-order valence-electron chi connectivity index (χ2n) is 6.35. The first kappa shape index (κ1) is 16.7. The summed E-state index contributed by atoms with van der Waals surface area (Å²) in [7, 11) is 0. The minimum Gasteiger partial charge on any atom is -0.436 e. The van der Waals surface area contributed by atoms with Crippen LogP contribution in [0.2, 0.25) is 0 Å². The quantitative estimate of drug-likeness (QED) is 0.475. The molecule has 0 aliphatic carbocycles. The van der Waals surface area contributed by atoms with Gasteiger partial charge in [-0.05, 0) is 67.1 Å². The maximum Gasteiger partial charge on any atom is 0.255 e. The molecular formula is C21H18N4O2. The fourth-order valence-electron chi connectivity index (χ4n) is 2.85. The number of aromatic nitrogens is 1. The summed E-state index contributed by atoms with van der Waals surface area (Å²) in [5, 5.41) is 2.89. The predicted octanol–water partition coefficient (Wildman–Crippen LogP) is 4.22. The third-order valence-corrected chi connectivity index (χ3v) is 4.31. The van der Waals surface area contributed by atoms with E-state index in [9.17, 15) is 4.79 Å². The Balaban J connectivity index is 1.56. The van der Waals surface area contributed by atoms with Crippen LogP contribution in [0.1, 0.15) is 15.9 Å². The number of amides is 1. The number of carbonyl (C=O) groups excluding carboxylic acids is 1. The normalized spacial score (nSPS) is 10.9. The molecule has 0 unspecified atom stereocenters. The average Bonchev–Trinajstić information content (AvgIpc) is 3.07. The largest absolute Gasteiger partial charge is 0.436 e. The zero-order chi connectivity index (χ0) is 19.0. The maximum absolute atomic E-state index is 12.5. The van der Waals surface area contributed by atoms with Gasteiger partial charge in [0.15, 0.2) is 5.58 Å². The van der Waals surface area contributed by atoms with Gasteiger partial charge in [-0.2, -0.15) is 0 Å². The molecular weight excluding hydrogens is 340 g/mol. The van der Waals surface area contributed by atoms with Crippen LogP contribution in [0.25, 0.3) is 22.6 Å². The summed E-state index contributed by atoms with van der Waals surface area (Å²) >= 11 is 0. The highest BCUT2D eigenvalue weighted by molar-refractivity contribution is 6.05. The Hall–Kier alpha value is -3.80. The van der Waals surface area contributed by atoms with Crippen molar-refractivity contribution in [2.24, 2.45) is 0 Å². The second-order valence-corrected chi connectivity index (χ2v) is 6.35. The van der Waals surface area contributed by atoms with Crippen LogP contribution in [0, 0.1) is 6.92 Å². The molecule has 1 heterocycles. The van der Waals surface area contributed by atoms with Gasteiger partial charge in [-0.1, -0.05) is 0 Å². The molecule has 0 bridgehead atoms. The van der Waals surface area contributed by atoms with Crippen molar-refractivity contribution in [2.45, 2.75) is 6.92 Å². The van der Waals surface area contributed by atoms with Gasteiger partial charge in [0.2, 0.25) is 5.89 Å². The molecule has 3 aromatic carbocycles. The van der Waals surface area contributed by atoms with Crippen LogP contribution < -0.4 is 16.8 Å². The third kappa shape index (κ3) is 3.32. The van der Waals surface area contributed by atoms with Gasteiger partial charge >= 0.3 is 0 Å². The van der Waals surface area contributed by atoms with E-state index in [1.165, 1.54) is 0 Å². The van der Waals surface area contributed by atoms with E-state index in [4.69, 9.17) is 15.9 Å². The van der Waals surface area contributed by atoms with E-state index in [0.29, 0.717) is 28.4 Å². The Labute approximate surface area is 155 Å². The molecule has 6 heteroatoms. The van der Waals surface area contributed by atoms with Gasteiger partial charge < -0.3 is 21.2 Å². The van der Waals surface area contributed by atoms with E-state index in [1.807, 2.05) is 19.1 Å². The van der Waals surface area contributed by atoms with E-state index < -0.39 is 0 Å². The third-order valence-electron chi connectivity index (χ3n) is 4.31. The Morgan fingerprint density at radius 3 is 2.41 bits per heavy atom. The summed E-state index contributed by atoms with van der Waals surface area (Å²) in [6, 6.07) is 17.8. The van der Waals surface area contributed by atoms with E-state index in [-0.39, 0.29) is 5.91 Å². The summed E-state index contributed by atoms with van der Waals surface area (Å²) in [6.07, 6.45) is 0. The lowest BCUT2D eigenvalue weighted by molar-refractivity contribution is 0.102. The Bertz CT molecular complexity index is 1150. The van der Waals surface area contributed by atoms with Crippen molar-refractivity contribution in [3.63, 3.8) is 0 Å². The number of anilines is 3. The number of carbonyl (C=O) groups is 1. The zero-order valence-electron chi connectivity index (χ0n) is 14.7. The number of nitrogens with two attached hydrogens (primary N) is 2. The first-order chi connectivity index (χ1) is 13.0. The molecule has 4 rings (SSSR count). The first-order valence-electron chi connectivity index (χ1n) is 8.43. The number of benzene rings is 3. The fourth-order valence-corrected chi connectivity index (χ4v) is 2.85. The molecule has 0 fully saturated rings. The minimum atomic E-state index is -0.195. The molecule has 0 aliphatic rings. The standard InChI is InChI=1S/C21H18N4O2/c1-12-10-15(22)6-8-17(12)24-20(26)13-2-4-14(5-3-13)21-25-18-9-7-16(23)11-19(18)27-21/h2-11H,22-23H2,1H3,(H,24,26). The summed E-state index contributed by atoms with van der Waals surface area (Å²) in [6.45, 7) is 1.90. The summed E-state index contributed by atoms with van der Waals surface area (Å²) < 4.78 is 5.75. The van der Waals surface area contributed by atoms with E-state index in [2.05, 4.69) is 10.3 Å². The van der Waals surface area contributed by atoms with Crippen molar-refractivity contribution in [1.82, 2.24) is 4.98 Å². The van der Waals surface area contributed by atoms with Crippen LogP contribution in [0.3, 0.4) is 0 Å². The number of aryl methyl sites for hydroxylation is 1. The number of nitrogens with one attached hydrogen (secondary N) is 1. The molecule has 1 aromatic heterocycles. The van der Waals surface area contributed by atoms with Crippen LogP contribution in [0.4, 0.5) is 17.1 Å². The molecule has 0 aliphatic heterocycles. The Kier molecular flexibility index (Phi) is 4.01. The average molecular weight is 358 g/mol. The molecule has 0 atom stereocenters. The predicted molar refractivity (Wildman–Crippen MR) is 107 cm³/mol. The lowest BCUT2D eigenvalue weighted by Crippen LogP contribution is -2.12. The van der Waals surface area contributed by atoms with Crippen molar-refractivity contribution < 1.29 is 9.21 Å². The Morgan fingerprint density at radius 2 is 1.67 bits per heavy atom. The van der Waals surface area contributed by atoms with Gasteiger partial charge in [0.05, 0.1) is 0 Å². The molecule has 1 amide bonds. The number of hydrogen-bond donors (Lipinski definition) is 3. The summed E-state index contributed by atoms with van der Waals surface area (Å²) in [5.41, 5.74) is 17.1. The molecule has 0 saturated carbocycles. The van der Waals surface area contributed by atoms with Crippen molar-refractivity contribution in [1.29, 1.82) is 0 Å². The van der Waals surface area contributed by atoms with Gasteiger partial charge in [-0.3, -0.25) is 4.79 Å². The number of nitrogens with zero attached hydrogens (tertiary/aromatic N) is 1. The summed E-state index contributed by atoms with van der Waals surface area (Å²) in [4.78, 5) is 16.9. The lowest BCUT2D eigenvalue weighted by Gasteiger charge is -2.09. The number of rotatable bonds is 3. The molecule has 134 valence electrons. The number of hydrogen-bond acceptors (Lipinski definition) is 5. The van der Waals surface area contributed by atoms with E-state index in [1.54, 1.807) is 48.5 Å². The van der Waals surface area contributed by atoms with Crippen molar-refractivity contribution in [3.05, 3.63) is 71.8 Å². The van der Waals surface area contributed by atoms with Crippen molar-refractivity contribution in [3.8, 4) is 11.5 Å². The first-order valence-corrected chi connectivity index (χ1v) is 8.43. The van der Waals surface area contributed by atoms with Crippen molar-refractivity contribution in [2.75, 3.05) is 16.8 Å². The molecule has 6 nitrogen and oxygen atoms in total. The number of nitrogen functional groups attached to an aromatic ring is 2. The second kappa shape index (κ2) is 6.49. The van der Waals surface area contributed by atoms with Crippen molar-refractivity contribution >= 4 is 34.1 Å². The zero-order valence-corrected chi connectivity index (χ0v) is 14.7. The Morgan fingerprint density at radius 1 is 0.963 bits per heavy atom. The molecule has 4 aromatic rings. The van der Waals surface area contributed by atoms with E-state index >= 15 is 0 Å². The van der Waals surface area contributed by atoms with Gasteiger partial charge in [-0.25, -0.2) is 4.98 Å². The highest BCUT2D eigenvalue weighted by atomic mass is 16.3. The highest BCUT2D eigenvalue weighted by Crippen LogP contribution is 2.26. The van der Waals surface area contributed by atoms with Crippen LogP contribution >= 0.6 is 0 Å². The smallest absolute Gasteiger partial charge is 0.255 e. The van der Waals surface area contributed by atoms with Gasteiger partial charge in [0, 0.05) is 34.3 Å². The topological polar surface area (TPSA) is 107 Å². The molecule has 27 heavy (non-hydrogen) atoms. The monoisotopic (exact) mass is 358 g/mol. The lowest BCUT2D eigenvalue weighted by atomic mass is 10.1. The SMILES string of the molecule is Cc1cc(N)ccc1NC(=O)c1ccc(-c2nc3ccc(N)cc3o2)cc1. The highest BCUT2D eigenvalue weighted by Gasteiger charge is 2.11. The number of oxazole rings is 1. The molecule has 0 spiro atoms. The van der Waals surface area contributed by atoms with Crippen LogP contribution in [0.5, 0.6) is 0 Å². The minimum absolute atomic E-state index is 0.195. The van der Waals surface area contributed by atoms with Gasteiger partial charge in [0.1, 0.15) is 5.52 Å². The molecule has 5 N–H and O–H groups in total. The van der Waals surface area contributed by atoms with Crippen LogP contribution in [0.15, 0.2) is 65.1 Å². The molecule has 0 saturated heterocycles. The maximum atomic E-state index is 12.5. The van der Waals surface area contributed by atoms with Crippen LogP contribution in [-0.4, -0.2) is 10.9 Å². The number of fused-ring (bicyclic) bond motifs is 1. The van der Waals surface area contributed by atoms with E-state index in [0.717, 1.165) is 22.3 Å². The summed E-state index contributed by atoms with van der Waals surface area (Å²) in [5.74, 6) is 0.289. The fraction of sp³-hybridized carbons (Fsp3) is 0.0476. The molecule has 0 radical (unpaired) electrons. The van der Waals surface area contributed by atoms with Crippen LogP contribution in [-0.2, 0) is 0 Å². The van der Waals surface area contributed by atoms with Gasteiger partial charge in [-0.15, -0.1) is 0 Å². The van der Waals surface area contributed by atoms with Gasteiger partial charge in [0.25, 0.3) is 5.91 Å².